The van der Waals surface area contributed by atoms with Crippen molar-refractivity contribution < 1.29 is 14.3 Å². The van der Waals surface area contributed by atoms with Gasteiger partial charge in [0.25, 0.3) is 0 Å². The van der Waals surface area contributed by atoms with Crippen LogP contribution in [0.2, 0.25) is 0 Å². The summed E-state index contributed by atoms with van der Waals surface area (Å²) in [6.45, 7) is 0.853. The topological polar surface area (TPSA) is 73.3 Å². The minimum atomic E-state index is -0.0556. The third kappa shape index (κ3) is 6.35. The first kappa shape index (κ1) is 19.8. The fraction of sp³-hybridized carbons (Fsp3) is 0.286. The van der Waals surface area contributed by atoms with Crippen molar-refractivity contribution in [2.24, 2.45) is 0 Å². The van der Waals surface area contributed by atoms with Crippen LogP contribution in [-0.4, -0.2) is 36.1 Å². The average molecular weight is 398 g/mol. The highest BCUT2D eigenvalue weighted by Crippen LogP contribution is 2.16. The molecule has 0 aliphatic carbocycles. The van der Waals surface area contributed by atoms with E-state index in [0.717, 1.165) is 40.7 Å². The summed E-state index contributed by atoms with van der Waals surface area (Å²) in [6, 6.07) is 13.2. The van der Waals surface area contributed by atoms with Crippen LogP contribution < -0.4 is 14.8 Å². The van der Waals surface area contributed by atoms with E-state index in [4.69, 9.17) is 9.47 Å². The Kier molecular flexibility index (Phi) is 7.37. The first-order valence-electron chi connectivity index (χ1n) is 9.09. The molecule has 0 spiro atoms. The molecule has 1 aromatic carbocycles. The third-order valence-corrected chi connectivity index (χ3v) is 4.97. The molecule has 1 N–H and O–H groups in total. The molecule has 0 atom stereocenters. The molecule has 0 aliphatic heterocycles. The summed E-state index contributed by atoms with van der Waals surface area (Å²) in [7, 11) is 1.62. The molecular weight excluding hydrogens is 374 g/mol. The van der Waals surface area contributed by atoms with Gasteiger partial charge in [0, 0.05) is 23.7 Å². The molecule has 0 bridgehead atoms. The lowest BCUT2D eigenvalue weighted by molar-refractivity contribution is -0.120. The molecular formula is C21H23N3O3S. The van der Waals surface area contributed by atoms with E-state index in [2.05, 4.69) is 15.3 Å². The van der Waals surface area contributed by atoms with Crippen molar-refractivity contribution in [2.75, 3.05) is 20.3 Å². The number of pyridine rings is 1. The van der Waals surface area contributed by atoms with Crippen molar-refractivity contribution in [3.05, 3.63) is 70.4 Å². The number of amides is 1. The second-order valence-corrected chi connectivity index (χ2v) is 7.05. The number of methoxy groups -OCH3 is 1. The van der Waals surface area contributed by atoms with Gasteiger partial charge in [0.1, 0.15) is 18.1 Å². The number of rotatable bonds is 10. The fourth-order valence-electron chi connectivity index (χ4n) is 2.58. The third-order valence-electron chi connectivity index (χ3n) is 4.01. The maximum atomic E-state index is 12.1. The molecule has 3 rings (SSSR count). The van der Waals surface area contributed by atoms with Crippen LogP contribution in [0, 0.1) is 0 Å². The summed E-state index contributed by atoms with van der Waals surface area (Å²) in [5.74, 6) is 1.47. The molecule has 0 fully saturated rings. The van der Waals surface area contributed by atoms with Crippen LogP contribution in [0.15, 0.2) is 54.0 Å². The molecule has 3 aromatic rings. The van der Waals surface area contributed by atoms with Gasteiger partial charge in [-0.25, -0.2) is 4.98 Å². The minimum absolute atomic E-state index is 0.0556. The number of aryl methyl sites for hydroxylation is 2. The van der Waals surface area contributed by atoms with Crippen LogP contribution in [0.1, 0.15) is 16.4 Å². The molecule has 0 saturated heterocycles. The molecule has 2 aromatic heterocycles. The highest BCUT2D eigenvalue weighted by Gasteiger charge is 2.08. The Balaban J connectivity index is 1.34. The predicted molar refractivity (Wildman–Crippen MR) is 109 cm³/mol. The van der Waals surface area contributed by atoms with Crippen molar-refractivity contribution in [3.63, 3.8) is 0 Å². The van der Waals surface area contributed by atoms with E-state index >= 15 is 0 Å². The Bertz CT molecular complexity index is 866. The van der Waals surface area contributed by atoms with E-state index in [1.165, 1.54) is 0 Å². The van der Waals surface area contributed by atoms with Crippen molar-refractivity contribution in [1.29, 1.82) is 0 Å². The lowest BCUT2D eigenvalue weighted by atomic mass is 10.2. The van der Waals surface area contributed by atoms with Gasteiger partial charge in [-0.05, 0) is 42.8 Å². The highest BCUT2D eigenvalue weighted by atomic mass is 32.1. The monoisotopic (exact) mass is 397 g/mol. The van der Waals surface area contributed by atoms with Gasteiger partial charge in [0.2, 0.25) is 5.91 Å². The fourth-order valence-corrected chi connectivity index (χ4v) is 3.38. The number of hydrogen-bond acceptors (Lipinski definition) is 6. The Labute approximate surface area is 168 Å². The Morgan fingerprint density at radius 3 is 2.64 bits per heavy atom. The zero-order valence-corrected chi connectivity index (χ0v) is 16.6. The van der Waals surface area contributed by atoms with Gasteiger partial charge in [-0.3, -0.25) is 9.78 Å². The van der Waals surface area contributed by atoms with E-state index in [1.807, 2.05) is 47.8 Å². The highest BCUT2D eigenvalue weighted by molar-refractivity contribution is 7.09. The van der Waals surface area contributed by atoms with E-state index < -0.39 is 0 Å². The smallest absolute Gasteiger partial charge is 0.226 e. The number of nitrogens with one attached hydrogen (secondary N) is 1. The van der Waals surface area contributed by atoms with Crippen LogP contribution in [0.5, 0.6) is 11.5 Å². The zero-order chi connectivity index (χ0) is 19.6. The Morgan fingerprint density at radius 1 is 1.07 bits per heavy atom. The Hall–Kier alpha value is -2.93. The largest absolute Gasteiger partial charge is 0.497 e. The van der Waals surface area contributed by atoms with Crippen molar-refractivity contribution in [1.82, 2.24) is 15.3 Å². The molecule has 6 nitrogen and oxygen atoms in total. The van der Waals surface area contributed by atoms with Crippen molar-refractivity contribution in [2.45, 2.75) is 19.3 Å². The number of benzene rings is 1. The van der Waals surface area contributed by atoms with E-state index in [0.29, 0.717) is 13.2 Å². The lowest BCUT2D eigenvalue weighted by Crippen LogP contribution is -2.29. The quantitative estimate of drug-likeness (QED) is 0.532. The van der Waals surface area contributed by atoms with Crippen LogP contribution in [0.3, 0.4) is 0 Å². The summed E-state index contributed by atoms with van der Waals surface area (Å²) in [5.41, 5.74) is 1.85. The molecule has 2 heterocycles. The van der Waals surface area contributed by atoms with Gasteiger partial charge >= 0.3 is 0 Å². The number of carbonyl (C=O) groups excluding carboxylic acids is 1. The van der Waals surface area contributed by atoms with Gasteiger partial charge in [0.15, 0.2) is 0 Å². The van der Waals surface area contributed by atoms with Crippen molar-refractivity contribution in [3.8, 4) is 11.5 Å². The molecule has 1 amide bonds. The number of thiazole rings is 1. The van der Waals surface area contributed by atoms with Gasteiger partial charge in [-0.15, -0.1) is 11.3 Å². The maximum absolute atomic E-state index is 12.1. The molecule has 0 radical (unpaired) electrons. The van der Waals surface area contributed by atoms with E-state index in [9.17, 15) is 4.79 Å². The van der Waals surface area contributed by atoms with Gasteiger partial charge in [-0.1, -0.05) is 6.07 Å². The summed E-state index contributed by atoms with van der Waals surface area (Å²) >= 11 is 1.59. The van der Waals surface area contributed by atoms with E-state index in [1.54, 1.807) is 24.6 Å². The number of ether oxygens (including phenoxy) is 2. The molecule has 146 valence electrons. The Morgan fingerprint density at radius 2 is 1.89 bits per heavy atom. The van der Waals surface area contributed by atoms with Crippen LogP contribution in [0.25, 0.3) is 0 Å². The SMILES string of the molecule is COc1ccc(OCCNC(=O)Cc2csc(CCc3ccccn3)n2)cc1. The normalized spacial score (nSPS) is 10.5. The molecule has 7 heteroatoms. The summed E-state index contributed by atoms with van der Waals surface area (Å²) in [5, 5.41) is 5.83. The molecule has 0 unspecified atom stereocenters. The van der Waals surface area contributed by atoms with Gasteiger partial charge in [0.05, 0.1) is 30.8 Å². The lowest BCUT2D eigenvalue weighted by Gasteiger charge is -2.08. The number of aromatic nitrogens is 2. The summed E-state index contributed by atoms with van der Waals surface area (Å²) < 4.78 is 10.7. The predicted octanol–water partition coefficient (Wildman–Crippen LogP) is 3.07. The number of hydrogen-bond donors (Lipinski definition) is 1. The first-order chi connectivity index (χ1) is 13.7. The van der Waals surface area contributed by atoms with Crippen molar-refractivity contribution >= 4 is 17.2 Å². The maximum Gasteiger partial charge on any atom is 0.226 e. The summed E-state index contributed by atoms with van der Waals surface area (Å²) in [6.07, 6.45) is 3.76. The molecule has 0 aliphatic rings. The standard InChI is InChI=1S/C21H23N3O3S/c1-26-18-6-8-19(9-7-18)27-13-12-23-20(25)14-17-15-28-21(24-17)10-5-16-4-2-3-11-22-16/h2-4,6-9,11,15H,5,10,12-14H2,1H3,(H,23,25). The average Bonchev–Trinajstić information content (AvgIpc) is 3.18. The van der Waals surface area contributed by atoms with Crippen LogP contribution in [0.4, 0.5) is 0 Å². The zero-order valence-electron chi connectivity index (χ0n) is 15.8. The number of carbonyl (C=O) groups is 1. The second kappa shape index (κ2) is 10.4. The molecule has 0 saturated carbocycles. The van der Waals surface area contributed by atoms with E-state index in [-0.39, 0.29) is 12.3 Å². The summed E-state index contributed by atoms with van der Waals surface area (Å²) in [4.78, 5) is 20.9. The first-order valence-corrected chi connectivity index (χ1v) is 9.97. The number of nitrogens with zero attached hydrogens (tertiary/aromatic N) is 2. The van der Waals surface area contributed by atoms with Gasteiger partial charge < -0.3 is 14.8 Å². The van der Waals surface area contributed by atoms with Crippen LogP contribution >= 0.6 is 11.3 Å². The van der Waals surface area contributed by atoms with Gasteiger partial charge in [-0.2, -0.15) is 0 Å². The minimum Gasteiger partial charge on any atom is -0.497 e. The molecule has 28 heavy (non-hydrogen) atoms. The van der Waals surface area contributed by atoms with Crippen LogP contribution in [-0.2, 0) is 24.1 Å². The second-order valence-electron chi connectivity index (χ2n) is 6.10.